The Balaban J connectivity index is 1.59. The van der Waals surface area contributed by atoms with Crippen LogP contribution in [0.4, 0.5) is 10.2 Å². The van der Waals surface area contributed by atoms with Gasteiger partial charge < -0.3 is 14.8 Å². The van der Waals surface area contributed by atoms with E-state index in [2.05, 4.69) is 15.2 Å². The first-order valence-electron chi connectivity index (χ1n) is 11.3. The quantitative estimate of drug-likeness (QED) is 0.443. The fourth-order valence-electron chi connectivity index (χ4n) is 4.09. The second kappa shape index (κ2) is 10.1. The van der Waals surface area contributed by atoms with Gasteiger partial charge in [-0.05, 0) is 35.9 Å². The first kappa shape index (κ1) is 22.2. The Morgan fingerprint density at radius 2 is 1.91 bits per heavy atom. The van der Waals surface area contributed by atoms with Gasteiger partial charge in [-0.25, -0.2) is 14.4 Å². The van der Waals surface area contributed by atoms with E-state index in [-0.39, 0.29) is 5.82 Å². The fourth-order valence-corrected chi connectivity index (χ4v) is 4.09. The van der Waals surface area contributed by atoms with Crippen molar-refractivity contribution in [3.05, 3.63) is 66.7 Å². The Morgan fingerprint density at radius 1 is 1.06 bits per heavy atom. The molecule has 174 valence electrons. The highest BCUT2D eigenvalue weighted by Gasteiger charge is 2.17. The highest BCUT2D eigenvalue weighted by atomic mass is 19.1. The number of hydrogen-bond acceptors (Lipinski definition) is 7. The van der Waals surface area contributed by atoms with E-state index in [1.54, 1.807) is 24.5 Å². The number of anilines is 1. The number of fused-ring (bicyclic) bond motifs is 1. The van der Waals surface area contributed by atoms with Crippen LogP contribution in [0.1, 0.15) is 0 Å². The lowest BCUT2D eigenvalue weighted by molar-refractivity contribution is 0.0323. The van der Waals surface area contributed by atoms with Crippen LogP contribution in [0.25, 0.3) is 33.4 Å². The summed E-state index contributed by atoms with van der Waals surface area (Å²) in [4.78, 5) is 16.0. The van der Waals surface area contributed by atoms with E-state index in [0.29, 0.717) is 40.6 Å². The van der Waals surface area contributed by atoms with Gasteiger partial charge in [-0.2, -0.15) is 0 Å². The van der Waals surface area contributed by atoms with Gasteiger partial charge in [0.25, 0.3) is 0 Å². The maximum Gasteiger partial charge on any atom is 0.163 e. The zero-order chi connectivity index (χ0) is 23.3. The van der Waals surface area contributed by atoms with Gasteiger partial charge in [0.05, 0.1) is 13.2 Å². The molecular formula is C26H26FN5O2. The molecule has 0 bridgehead atoms. The third-order valence-corrected chi connectivity index (χ3v) is 5.88. The standard InChI is InChI=1S/C26H26FN5O2/c1-28-26-21-15-19(20-6-2-3-7-22(20)27)16-23(34-14-11-32-9-12-33-13-10-32)24(21)30-25(31-26)18-5-4-8-29-17-18/h2-8,15-17H,9-14H2,1H3,(H,28,30,31). The topological polar surface area (TPSA) is 72.4 Å². The SMILES string of the molecule is CNc1nc(-c2cccnc2)nc2c(OCCN3CCOCC3)cc(-c3ccccc3F)cc12. The molecule has 1 fully saturated rings. The zero-order valence-electron chi connectivity index (χ0n) is 19.0. The lowest BCUT2D eigenvalue weighted by Crippen LogP contribution is -2.38. The Kier molecular flexibility index (Phi) is 6.60. The van der Waals surface area contributed by atoms with Gasteiger partial charge >= 0.3 is 0 Å². The monoisotopic (exact) mass is 459 g/mol. The molecule has 0 saturated carbocycles. The maximum absolute atomic E-state index is 14.7. The molecule has 1 saturated heterocycles. The van der Waals surface area contributed by atoms with Gasteiger partial charge in [0, 0.05) is 55.6 Å². The molecule has 4 aromatic rings. The number of aromatic nitrogens is 3. The molecule has 0 spiro atoms. The van der Waals surface area contributed by atoms with E-state index in [4.69, 9.17) is 19.4 Å². The number of pyridine rings is 1. The predicted octanol–water partition coefficient (Wildman–Crippen LogP) is 4.25. The third-order valence-electron chi connectivity index (χ3n) is 5.88. The van der Waals surface area contributed by atoms with Crippen LogP contribution < -0.4 is 10.1 Å². The Morgan fingerprint density at radius 3 is 2.68 bits per heavy atom. The van der Waals surface area contributed by atoms with Gasteiger partial charge in [0.2, 0.25) is 0 Å². The van der Waals surface area contributed by atoms with E-state index in [1.807, 2.05) is 37.4 Å². The Labute approximate surface area is 197 Å². The van der Waals surface area contributed by atoms with Crippen LogP contribution in [-0.4, -0.2) is 66.4 Å². The highest BCUT2D eigenvalue weighted by Crippen LogP contribution is 2.36. The maximum atomic E-state index is 14.7. The minimum Gasteiger partial charge on any atom is -0.490 e. The molecule has 0 unspecified atom stereocenters. The van der Waals surface area contributed by atoms with Crippen molar-refractivity contribution in [2.45, 2.75) is 0 Å². The molecule has 1 aliphatic rings. The van der Waals surface area contributed by atoms with E-state index >= 15 is 0 Å². The van der Waals surface area contributed by atoms with Crippen LogP contribution >= 0.6 is 0 Å². The molecule has 3 heterocycles. The van der Waals surface area contributed by atoms with Crippen LogP contribution in [0.3, 0.4) is 0 Å². The number of nitrogens with zero attached hydrogens (tertiary/aromatic N) is 4. The fraction of sp³-hybridized carbons (Fsp3) is 0.269. The molecule has 2 aromatic carbocycles. The molecule has 0 radical (unpaired) electrons. The van der Waals surface area contributed by atoms with Gasteiger partial charge in [-0.15, -0.1) is 0 Å². The van der Waals surface area contributed by atoms with Crippen LogP contribution in [0.5, 0.6) is 5.75 Å². The lowest BCUT2D eigenvalue weighted by Gasteiger charge is -2.26. The first-order valence-corrected chi connectivity index (χ1v) is 11.3. The number of ether oxygens (including phenoxy) is 2. The Hall–Kier alpha value is -3.62. The Bertz CT molecular complexity index is 1280. The third kappa shape index (κ3) is 4.69. The summed E-state index contributed by atoms with van der Waals surface area (Å²) < 4.78 is 26.4. The van der Waals surface area contributed by atoms with Crippen LogP contribution in [0.2, 0.25) is 0 Å². The van der Waals surface area contributed by atoms with Gasteiger partial charge in [-0.1, -0.05) is 18.2 Å². The first-order chi connectivity index (χ1) is 16.7. The van der Waals surface area contributed by atoms with Crippen LogP contribution in [0.15, 0.2) is 60.9 Å². The molecule has 2 aromatic heterocycles. The summed E-state index contributed by atoms with van der Waals surface area (Å²) in [5.41, 5.74) is 2.68. The average molecular weight is 460 g/mol. The van der Waals surface area contributed by atoms with E-state index < -0.39 is 0 Å². The number of hydrogen-bond donors (Lipinski definition) is 1. The lowest BCUT2D eigenvalue weighted by atomic mass is 10.0. The van der Waals surface area contributed by atoms with Crippen molar-refractivity contribution in [2.24, 2.45) is 0 Å². The molecule has 0 aliphatic carbocycles. The number of benzene rings is 2. The smallest absolute Gasteiger partial charge is 0.163 e. The van der Waals surface area contributed by atoms with Crippen molar-refractivity contribution in [1.82, 2.24) is 19.9 Å². The molecule has 5 rings (SSSR count). The highest BCUT2D eigenvalue weighted by molar-refractivity contribution is 5.97. The summed E-state index contributed by atoms with van der Waals surface area (Å²) >= 11 is 0. The number of rotatable bonds is 7. The van der Waals surface area contributed by atoms with Gasteiger partial charge in [0.15, 0.2) is 5.82 Å². The normalized spacial score (nSPS) is 14.3. The average Bonchev–Trinajstić information content (AvgIpc) is 2.89. The molecule has 0 atom stereocenters. The second-order valence-electron chi connectivity index (χ2n) is 8.04. The molecule has 1 N–H and O–H groups in total. The van der Waals surface area contributed by atoms with Crippen molar-refractivity contribution < 1.29 is 13.9 Å². The van der Waals surface area contributed by atoms with Gasteiger partial charge in [0.1, 0.15) is 29.5 Å². The number of morpholine rings is 1. The van der Waals surface area contributed by atoms with Crippen molar-refractivity contribution in [2.75, 3.05) is 51.8 Å². The zero-order valence-corrected chi connectivity index (χ0v) is 19.0. The summed E-state index contributed by atoms with van der Waals surface area (Å²) in [6.07, 6.45) is 3.44. The largest absolute Gasteiger partial charge is 0.490 e. The summed E-state index contributed by atoms with van der Waals surface area (Å²) in [5, 5.41) is 3.93. The number of halogens is 1. The van der Waals surface area contributed by atoms with Gasteiger partial charge in [-0.3, -0.25) is 9.88 Å². The van der Waals surface area contributed by atoms with Crippen molar-refractivity contribution in [3.63, 3.8) is 0 Å². The van der Waals surface area contributed by atoms with E-state index in [1.165, 1.54) is 6.07 Å². The van der Waals surface area contributed by atoms with E-state index in [0.717, 1.165) is 43.8 Å². The minimum atomic E-state index is -0.292. The molecule has 1 aliphatic heterocycles. The molecular weight excluding hydrogens is 433 g/mol. The molecule has 0 amide bonds. The van der Waals surface area contributed by atoms with Crippen molar-refractivity contribution in [3.8, 4) is 28.3 Å². The van der Waals surface area contributed by atoms with E-state index in [9.17, 15) is 4.39 Å². The summed E-state index contributed by atoms with van der Waals surface area (Å²) in [7, 11) is 1.81. The second-order valence-corrected chi connectivity index (χ2v) is 8.04. The van der Waals surface area contributed by atoms with Crippen molar-refractivity contribution in [1.29, 1.82) is 0 Å². The van der Waals surface area contributed by atoms with Crippen molar-refractivity contribution >= 4 is 16.7 Å². The van der Waals surface area contributed by atoms with Crippen LogP contribution in [0, 0.1) is 5.82 Å². The number of nitrogens with one attached hydrogen (secondary N) is 1. The van der Waals surface area contributed by atoms with Crippen LogP contribution in [-0.2, 0) is 4.74 Å². The summed E-state index contributed by atoms with van der Waals surface area (Å²) in [6.45, 7) is 4.50. The predicted molar refractivity (Wildman–Crippen MR) is 130 cm³/mol. The molecule has 7 nitrogen and oxygen atoms in total. The molecule has 8 heteroatoms. The minimum absolute atomic E-state index is 0.292. The molecule has 34 heavy (non-hydrogen) atoms. The summed E-state index contributed by atoms with van der Waals surface area (Å²) in [6, 6.07) is 14.3. The summed E-state index contributed by atoms with van der Waals surface area (Å²) in [5.74, 6) is 1.48.